The van der Waals surface area contributed by atoms with Crippen LogP contribution in [-0.2, 0) is 14.3 Å². The van der Waals surface area contributed by atoms with Crippen molar-refractivity contribution in [1.82, 2.24) is 0 Å². The van der Waals surface area contributed by atoms with Crippen LogP contribution in [0.3, 0.4) is 0 Å². The van der Waals surface area contributed by atoms with E-state index in [1.165, 1.54) is 25.3 Å². The Kier molecular flexibility index (Phi) is 5.67. The molecule has 8 heteroatoms. The molecular formula is C19H21F2NO4S. The molecule has 0 spiro atoms. The van der Waals surface area contributed by atoms with Gasteiger partial charge in [-0.2, -0.15) is 8.42 Å². The van der Waals surface area contributed by atoms with Crippen molar-refractivity contribution in [2.45, 2.75) is 30.8 Å². The number of hydrogen-bond acceptors (Lipinski definition) is 5. The molecule has 1 saturated heterocycles. The van der Waals surface area contributed by atoms with Gasteiger partial charge in [-0.1, -0.05) is 17.7 Å². The van der Waals surface area contributed by atoms with E-state index in [9.17, 15) is 17.2 Å². The number of piperidine rings is 1. The lowest BCUT2D eigenvalue weighted by atomic mass is 10.1. The summed E-state index contributed by atoms with van der Waals surface area (Å²) in [6.07, 6.45) is 0.248. The van der Waals surface area contributed by atoms with E-state index in [2.05, 4.69) is 0 Å². The lowest BCUT2D eigenvalue weighted by Crippen LogP contribution is -2.38. The van der Waals surface area contributed by atoms with E-state index >= 15 is 0 Å². The van der Waals surface area contributed by atoms with E-state index in [0.717, 1.165) is 11.6 Å². The van der Waals surface area contributed by atoms with Crippen molar-refractivity contribution in [3.8, 4) is 5.75 Å². The van der Waals surface area contributed by atoms with Crippen molar-refractivity contribution >= 4 is 15.8 Å². The number of aryl methyl sites for hydroxylation is 1. The molecule has 3 rings (SSSR count). The fraction of sp³-hybridized carbons (Fsp3) is 0.368. The predicted molar refractivity (Wildman–Crippen MR) is 97.6 cm³/mol. The summed E-state index contributed by atoms with van der Waals surface area (Å²) in [5, 5.41) is 0. The third-order valence-electron chi connectivity index (χ3n) is 4.57. The Morgan fingerprint density at radius 1 is 1.07 bits per heavy atom. The van der Waals surface area contributed by atoms with Crippen molar-refractivity contribution in [1.29, 1.82) is 0 Å². The molecule has 0 amide bonds. The molecule has 1 aliphatic rings. The summed E-state index contributed by atoms with van der Waals surface area (Å²) in [5.41, 5.74) is 1.06. The Morgan fingerprint density at radius 2 is 1.70 bits per heavy atom. The van der Waals surface area contributed by atoms with E-state index in [1.54, 1.807) is 17.0 Å². The molecule has 5 nitrogen and oxygen atoms in total. The molecule has 0 unspecified atom stereocenters. The van der Waals surface area contributed by atoms with E-state index in [0.29, 0.717) is 25.9 Å². The maximum Gasteiger partial charge on any atom is 0.297 e. The molecule has 0 aliphatic carbocycles. The zero-order chi connectivity index (χ0) is 19.6. The highest BCUT2D eigenvalue weighted by Crippen LogP contribution is 2.31. The topological polar surface area (TPSA) is 55.8 Å². The largest absolute Gasteiger partial charge is 0.497 e. The van der Waals surface area contributed by atoms with Crippen molar-refractivity contribution in [2.24, 2.45) is 0 Å². The molecule has 0 N–H and O–H groups in total. The average molecular weight is 397 g/mol. The molecule has 0 atom stereocenters. The number of rotatable bonds is 5. The highest BCUT2D eigenvalue weighted by molar-refractivity contribution is 7.86. The molecule has 27 heavy (non-hydrogen) atoms. The van der Waals surface area contributed by atoms with Crippen molar-refractivity contribution in [3.63, 3.8) is 0 Å². The number of hydrogen-bond donors (Lipinski definition) is 0. The first-order chi connectivity index (χ1) is 12.8. The fourth-order valence-electron chi connectivity index (χ4n) is 3.03. The van der Waals surface area contributed by atoms with Crippen LogP contribution in [0.15, 0.2) is 41.3 Å². The summed E-state index contributed by atoms with van der Waals surface area (Å²) >= 11 is 0. The lowest BCUT2D eigenvalue weighted by Gasteiger charge is -2.33. The standard InChI is InChI=1S/C19H21F2NO4S/c1-13-3-5-16(6-4-13)27(23,24)26-14-7-9-22(10-8-14)18-12-15(25-2)11-17(20)19(18)21/h3-6,11-12,14H,7-10H2,1-2H3. The third-order valence-corrected chi connectivity index (χ3v) is 5.95. The number of ether oxygens (including phenoxy) is 1. The summed E-state index contributed by atoms with van der Waals surface area (Å²) in [7, 11) is -2.48. The second-order valence-corrected chi connectivity index (χ2v) is 8.06. The zero-order valence-electron chi connectivity index (χ0n) is 15.1. The van der Waals surface area contributed by atoms with Crippen molar-refractivity contribution in [3.05, 3.63) is 53.6 Å². The minimum Gasteiger partial charge on any atom is -0.497 e. The van der Waals surface area contributed by atoms with Crippen molar-refractivity contribution in [2.75, 3.05) is 25.1 Å². The van der Waals surface area contributed by atoms with Crippen LogP contribution in [0.4, 0.5) is 14.5 Å². The minimum atomic E-state index is -3.86. The predicted octanol–water partition coefficient (Wildman–Crippen LogP) is 3.66. The van der Waals surface area contributed by atoms with Gasteiger partial charge in [0, 0.05) is 25.2 Å². The van der Waals surface area contributed by atoms with Gasteiger partial charge in [0.1, 0.15) is 5.75 Å². The van der Waals surface area contributed by atoms with Gasteiger partial charge in [0.25, 0.3) is 10.1 Å². The van der Waals surface area contributed by atoms with Gasteiger partial charge in [-0.05, 0) is 31.9 Å². The monoisotopic (exact) mass is 397 g/mol. The van der Waals surface area contributed by atoms with E-state index < -0.39 is 27.9 Å². The van der Waals surface area contributed by atoms with Gasteiger partial charge in [-0.25, -0.2) is 8.78 Å². The Hall–Kier alpha value is -2.19. The molecule has 1 aliphatic heterocycles. The van der Waals surface area contributed by atoms with Crippen molar-refractivity contribution < 1.29 is 26.1 Å². The van der Waals surface area contributed by atoms with Gasteiger partial charge in [0.2, 0.25) is 0 Å². The molecule has 2 aromatic rings. The van der Waals surface area contributed by atoms with Gasteiger partial charge in [0.05, 0.1) is 23.8 Å². The van der Waals surface area contributed by atoms with Crippen LogP contribution in [0, 0.1) is 18.6 Å². The highest BCUT2D eigenvalue weighted by Gasteiger charge is 2.28. The number of halogens is 2. The number of methoxy groups -OCH3 is 1. The van der Waals surface area contributed by atoms with Gasteiger partial charge in [-0.15, -0.1) is 0 Å². The Bertz CT molecular complexity index is 908. The van der Waals surface area contributed by atoms with Crippen LogP contribution in [0.1, 0.15) is 18.4 Å². The number of nitrogens with zero attached hydrogens (tertiary/aromatic N) is 1. The quantitative estimate of drug-likeness (QED) is 0.721. The molecule has 0 saturated carbocycles. The van der Waals surface area contributed by atoms with Gasteiger partial charge in [-0.3, -0.25) is 4.18 Å². The summed E-state index contributed by atoms with van der Waals surface area (Å²) in [5.74, 6) is -1.70. The van der Waals surface area contributed by atoms with E-state index in [4.69, 9.17) is 8.92 Å². The molecule has 0 aromatic heterocycles. The number of anilines is 1. The molecular weight excluding hydrogens is 376 g/mol. The van der Waals surface area contributed by atoms with Gasteiger partial charge < -0.3 is 9.64 Å². The highest BCUT2D eigenvalue weighted by atomic mass is 32.2. The van der Waals surface area contributed by atoms with Crippen LogP contribution in [0.25, 0.3) is 0 Å². The minimum absolute atomic E-state index is 0.103. The summed E-state index contributed by atoms with van der Waals surface area (Å²) in [4.78, 5) is 1.77. The first kappa shape index (κ1) is 19.6. The molecule has 2 aromatic carbocycles. The second-order valence-electron chi connectivity index (χ2n) is 6.49. The number of benzene rings is 2. The van der Waals surface area contributed by atoms with Crippen LogP contribution < -0.4 is 9.64 Å². The summed E-state index contributed by atoms with van der Waals surface area (Å²) < 4.78 is 62.9. The molecule has 146 valence electrons. The summed E-state index contributed by atoms with van der Waals surface area (Å²) in [6.45, 7) is 2.56. The summed E-state index contributed by atoms with van der Waals surface area (Å²) in [6, 6.07) is 8.85. The first-order valence-corrected chi connectivity index (χ1v) is 9.99. The lowest BCUT2D eigenvalue weighted by molar-refractivity contribution is 0.178. The average Bonchev–Trinajstić information content (AvgIpc) is 2.64. The van der Waals surface area contributed by atoms with Crippen LogP contribution >= 0.6 is 0 Å². The van der Waals surface area contributed by atoms with Gasteiger partial charge >= 0.3 is 0 Å². The smallest absolute Gasteiger partial charge is 0.297 e. The molecule has 0 bridgehead atoms. The van der Waals surface area contributed by atoms with Crippen LogP contribution in [-0.4, -0.2) is 34.7 Å². The molecule has 1 fully saturated rings. The second kappa shape index (κ2) is 7.82. The fourth-order valence-corrected chi connectivity index (χ4v) is 4.16. The Balaban J connectivity index is 1.67. The maximum absolute atomic E-state index is 14.1. The van der Waals surface area contributed by atoms with E-state index in [-0.39, 0.29) is 16.3 Å². The van der Waals surface area contributed by atoms with Crippen LogP contribution in [0.2, 0.25) is 0 Å². The van der Waals surface area contributed by atoms with Gasteiger partial charge in [0.15, 0.2) is 11.6 Å². The zero-order valence-corrected chi connectivity index (χ0v) is 15.9. The SMILES string of the molecule is COc1cc(F)c(F)c(N2CCC(OS(=O)(=O)c3ccc(C)cc3)CC2)c1. The first-order valence-electron chi connectivity index (χ1n) is 8.58. The Labute approximate surface area is 157 Å². The Morgan fingerprint density at radius 3 is 2.30 bits per heavy atom. The molecule has 1 heterocycles. The third kappa shape index (κ3) is 4.39. The normalized spacial score (nSPS) is 15.8. The van der Waals surface area contributed by atoms with Crippen LogP contribution in [0.5, 0.6) is 5.75 Å². The molecule has 0 radical (unpaired) electrons. The van der Waals surface area contributed by atoms with E-state index in [1.807, 2.05) is 6.92 Å². The maximum atomic E-state index is 14.1.